The van der Waals surface area contributed by atoms with Gasteiger partial charge in [0.25, 0.3) is 0 Å². The van der Waals surface area contributed by atoms with E-state index in [0.717, 1.165) is 19.0 Å². The summed E-state index contributed by atoms with van der Waals surface area (Å²) in [6, 6.07) is 6.65. The van der Waals surface area contributed by atoms with Crippen molar-refractivity contribution in [1.29, 1.82) is 0 Å². The number of hydrogen-bond acceptors (Lipinski definition) is 2. The van der Waals surface area contributed by atoms with Gasteiger partial charge in [-0.05, 0) is 37.8 Å². The molecule has 0 saturated heterocycles. The van der Waals surface area contributed by atoms with E-state index in [1.807, 2.05) is 0 Å². The zero-order chi connectivity index (χ0) is 12.8. The lowest BCUT2D eigenvalue weighted by atomic mass is 10.1. The molecule has 0 heterocycles. The predicted molar refractivity (Wildman–Crippen MR) is 76.6 cm³/mol. The molecule has 0 aliphatic heterocycles. The maximum atomic E-state index is 5.71. The molecular weight excluding hydrogens is 208 g/mol. The number of anilines is 1. The number of hydrogen-bond donors (Lipinski definition) is 1. The zero-order valence-corrected chi connectivity index (χ0v) is 11.7. The van der Waals surface area contributed by atoms with Gasteiger partial charge in [0.15, 0.2) is 0 Å². The third-order valence-electron chi connectivity index (χ3n) is 3.07. The van der Waals surface area contributed by atoms with Gasteiger partial charge in [-0.1, -0.05) is 31.5 Å². The second kappa shape index (κ2) is 6.65. The molecule has 2 nitrogen and oxygen atoms in total. The van der Waals surface area contributed by atoms with E-state index in [-0.39, 0.29) is 0 Å². The molecule has 1 aromatic rings. The summed E-state index contributed by atoms with van der Waals surface area (Å²) in [7, 11) is 0. The summed E-state index contributed by atoms with van der Waals surface area (Å²) in [4.78, 5) is 2.41. The Morgan fingerprint density at radius 3 is 2.41 bits per heavy atom. The van der Waals surface area contributed by atoms with Crippen LogP contribution in [0.2, 0.25) is 0 Å². The predicted octanol–water partition coefficient (Wildman–Crippen LogP) is 3.11. The SMILES string of the molecule is Cc1ccc(N(CCN)CCC(C)C)c(C)c1. The van der Waals surface area contributed by atoms with E-state index >= 15 is 0 Å². The van der Waals surface area contributed by atoms with Crippen molar-refractivity contribution in [3.63, 3.8) is 0 Å². The largest absolute Gasteiger partial charge is 0.370 e. The van der Waals surface area contributed by atoms with Crippen molar-refractivity contribution >= 4 is 5.69 Å². The van der Waals surface area contributed by atoms with E-state index in [1.165, 1.54) is 23.2 Å². The Kier molecular flexibility index (Phi) is 5.49. The summed E-state index contributed by atoms with van der Waals surface area (Å²) < 4.78 is 0. The Labute approximate surface area is 106 Å². The van der Waals surface area contributed by atoms with E-state index < -0.39 is 0 Å². The van der Waals surface area contributed by atoms with Gasteiger partial charge in [0.05, 0.1) is 0 Å². The van der Waals surface area contributed by atoms with Crippen molar-refractivity contribution < 1.29 is 0 Å². The fourth-order valence-corrected chi connectivity index (χ4v) is 2.08. The molecule has 17 heavy (non-hydrogen) atoms. The summed E-state index contributed by atoms with van der Waals surface area (Å²) in [5.74, 6) is 0.737. The van der Waals surface area contributed by atoms with Gasteiger partial charge in [-0.25, -0.2) is 0 Å². The Hall–Kier alpha value is -1.02. The van der Waals surface area contributed by atoms with Gasteiger partial charge >= 0.3 is 0 Å². The van der Waals surface area contributed by atoms with Gasteiger partial charge in [0.1, 0.15) is 0 Å². The summed E-state index contributed by atoms with van der Waals surface area (Å²) in [6.45, 7) is 11.6. The molecule has 0 spiro atoms. The Morgan fingerprint density at radius 2 is 1.88 bits per heavy atom. The van der Waals surface area contributed by atoms with Crippen LogP contribution in [0, 0.1) is 19.8 Å². The maximum absolute atomic E-state index is 5.71. The number of benzene rings is 1. The van der Waals surface area contributed by atoms with Crippen molar-refractivity contribution in [3.8, 4) is 0 Å². The average molecular weight is 234 g/mol. The highest BCUT2D eigenvalue weighted by Gasteiger charge is 2.09. The van der Waals surface area contributed by atoms with Crippen LogP contribution in [0.1, 0.15) is 31.4 Å². The van der Waals surface area contributed by atoms with Crippen LogP contribution >= 0.6 is 0 Å². The molecule has 0 fully saturated rings. The molecule has 2 N–H and O–H groups in total. The van der Waals surface area contributed by atoms with Gasteiger partial charge in [-0.3, -0.25) is 0 Å². The average Bonchev–Trinajstić information content (AvgIpc) is 2.24. The van der Waals surface area contributed by atoms with E-state index in [4.69, 9.17) is 5.73 Å². The van der Waals surface area contributed by atoms with Gasteiger partial charge in [-0.15, -0.1) is 0 Å². The Balaban J connectivity index is 2.81. The Bertz CT molecular complexity index is 345. The fourth-order valence-electron chi connectivity index (χ4n) is 2.08. The van der Waals surface area contributed by atoms with Gasteiger partial charge in [0, 0.05) is 25.3 Å². The molecule has 0 atom stereocenters. The van der Waals surface area contributed by atoms with E-state index in [2.05, 4.69) is 50.8 Å². The second-order valence-corrected chi connectivity index (χ2v) is 5.25. The molecule has 0 radical (unpaired) electrons. The van der Waals surface area contributed by atoms with Crippen LogP contribution in [-0.2, 0) is 0 Å². The summed E-state index contributed by atoms with van der Waals surface area (Å²) in [6.07, 6.45) is 1.22. The fraction of sp³-hybridized carbons (Fsp3) is 0.600. The highest BCUT2D eigenvalue weighted by Crippen LogP contribution is 2.21. The normalized spacial score (nSPS) is 10.9. The van der Waals surface area contributed by atoms with Crippen LogP contribution in [0.15, 0.2) is 18.2 Å². The van der Waals surface area contributed by atoms with Crippen LogP contribution in [0.3, 0.4) is 0 Å². The van der Waals surface area contributed by atoms with Crippen molar-refractivity contribution in [1.82, 2.24) is 0 Å². The summed E-state index contributed by atoms with van der Waals surface area (Å²) in [5, 5.41) is 0. The molecule has 0 aliphatic carbocycles. The van der Waals surface area contributed by atoms with E-state index in [0.29, 0.717) is 6.54 Å². The molecule has 2 heteroatoms. The quantitative estimate of drug-likeness (QED) is 0.819. The topological polar surface area (TPSA) is 29.3 Å². The zero-order valence-electron chi connectivity index (χ0n) is 11.7. The third kappa shape index (κ3) is 4.39. The maximum Gasteiger partial charge on any atom is 0.0396 e. The first kappa shape index (κ1) is 14.0. The monoisotopic (exact) mass is 234 g/mol. The van der Waals surface area contributed by atoms with Crippen LogP contribution in [0.5, 0.6) is 0 Å². The molecule has 0 aliphatic rings. The summed E-state index contributed by atoms with van der Waals surface area (Å²) in [5.41, 5.74) is 9.72. The van der Waals surface area contributed by atoms with Gasteiger partial charge in [-0.2, -0.15) is 0 Å². The number of rotatable bonds is 6. The minimum absolute atomic E-state index is 0.714. The molecule has 1 aromatic carbocycles. The Morgan fingerprint density at radius 1 is 1.18 bits per heavy atom. The first-order valence-corrected chi connectivity index (χ1v) is 6.57. The minimum atomic E-state index is 0.714. The lowest BCUT2D eigenvalue weighted by Gasteiger charge is -2.27. The third-order valence-corrected chi connectivity index (χ3v) is 3.07. The van der Waals surface area contributed by atoms with Crippen LogP contribution in [-0.4, -0.2) is 19.6 Å². The highest BCUT2D eigenvalue weighted by atomic mass is 15.1. The molecule has 1 rings (SSSR count). The van der Waals surface area contributed by atoms with E-state index in [1.54, 1.807) is 0 Å². The van der Waals surface area contributed by atoms with Crippen molar-refractivity contribution in [3.05, 3.63) is 29.3 Å². The number of aryl methyl sites for hydroxylation is 2. The van der Waals surface area contributed by atoms with Crippen molar-refractivity contribution in [2.45, 2.75) is 34.1 Å². The van der Waals surface area contributed by atoms with Crippen molar-refractivity contribution in [2.75, 3.05) is 24.5 Å². The lowest BCUT2D eigenvalue weighted by Crippen LogP contribution is -2.31. The lowest BCUT2D eigenvalue weighted by molar-refractivity contribution is 0.573. The molecular formula is C15H26N2. The molecule has 0 amide bonds. The standard InChI is InChI=1S/C15H26N2/c1-12(2)7-9-17(10-8-16)15-6-5-13(3)11-14(15)4/h5-6,11-12H,7-10,16H2,1-4H3. The van der Waals surface area contributed by atoms with Crippen LogP contribution in [0.25, 0.3) is 0 Å². The number of nitrogens with two attached hydrogens (primary N) is 1. The summed E-state index contributed by atoms with van der Waals surface area (Å²) >= 11 is 0. The molecule has 0 unspecified atom stereocenters. The molecule has 0 bridgehead atoms. The smallest absolute Gasteiger partial charge is 0.0396 e. The highest BCUT2D eigenvalue weighted by molar-refractivity contribution is 5.54. The second-order valence-electron chi connectivity index (χ2n) is 5.25. The molecule has 0 aromatic heterocycles. The van der Waals surface area contributed by atoms with Crippen molar-refractivity contribution in [2.24, 2.45) is 11.7 Å². The van der Waals surface area contributed by atoms with Crippen LogP contribution in [0.4, 0.5) is 5.69 Å². The first-order chi connectivity index (χ1) is 8.04. The first-order valence-electron chi connectivity index (χ1n) is 6.57. The van der Waals surface area contributed by atoms with Crippen LogP contribution < -0.4 is 10.6 Å². The molecule has 96 valence electrons. The number of nitrogens with zero attached hydrogens (tertiary/aromatic N) is 1. The van der Waals surface area contributed by atoms with Gasteiger partial charge in [0.2, 0.25) is 0 Å². The minimum Gasteiger partial charge on any atom is -0.370 e. The molecule has 0 saturated carbocycles. The van der Waals surface area contributed by atoms with E-state index in [9.17, 15) is 0 Å². The van der Waals surface area contributed by atoms with Gasteiger partial charge < -0.3 is 10.6 Å².